The number of hydrogen-bond acceptors (Lipinski definition) is 2. The second-order valence-corrected chi connectivity index (χ2v) is 2.80. The largest absolute Gasteiger partial charge is 0.419 e. The van der Waals surface area contributed by atoms with Gasteiger partial charge in [0.2, 0.25) is 0 Å². The van der Waals surface area contributed by atoms with E-state index in [0.717, 1.165) is 0 Å². The smallest absolute Gasteiger partial charge is 0.324 e. The molecule has 0 atom stereocenters. The van der Waals surface area contributed by atoms with Crippen LogP contribution in [-0.2, 0) is 6.18 Å². The highest BCUT2D eigenvalue weighted by Gasteiger charge is 2.35. The molecule has 1 aromatic rings. The van der Waals surface area contributed by atoms with Gasteiger partial charge in [-0.05, 0) is 24.6 Å². The molecular weight excluding hydrogens is 236 g/mol. The maximum atomic E-state index is 13.0. The molecule has 3 N–H and O–H groups in total. The third kappa shape index (κ3) is 2.97. The molecule has 0 aliphatic carbocycles. The van der Waals surface area contributed by atoms with E-state index in [9.17, 15) is 17.6 Å². The minimum absolute atomic E-state index is 0. The van der Waals surface area contributed by atoms with E-state index in [1.54, 1.807) is 0 Å². The number of hydrogen-bond donors (Lipinski definition) is 2. The van der Waals surface area contributed by atoms with E-state index in [-0.39, 0.29) is 23.7 Å². The van der Waals surface area contributed by atoms with Crippen molar-refractivity contribution >= 4 is 18.1 Å². The van der Waals surface area contributed by atoms with Crippen LogP contribution in [0.4, 0.5) is 23.2 Å². The van der Waals surface area contributed by atoms with E-state index in [2.05, 4.69) is 0 Å². The lowest BCUT2D eigenvalue weighted by Crippen LogP contribution is -2.13. The van der Waals surface area contributed by atoms with Crippen LogP contribution < -0.4 is 11.3 Å². The molecule has 86 valence electrons. The monoisotopic (exact) mass is 244 g/mol. The average Bonchev–Trinajstić information content (AvgIpc) is 2.07. The first-order chi connectivity index (χ1) is 6.36. The second-order valence-electron chi connectivity index (χ2n) is 2.80. The molecule has 7 heteroatoms. The van der Waals surface area contributed by atoms with Crippen LogP contribution in [-0.4, -0.2) is 0 Å². The summed E-state index contributed by atoms with van der Waals surface area (Å²) in [6.07, 6.45) is -4.71. The van der Waals surface area contributed by atoms with Gasteiger partial charge in [-0.25, -0.2) is 4.39 Å². The molecule has 0 aromatic heterocycles. The predicted octanol–water partition coefficient (Wildman–Crippen LogP) is 2.86. The maximum absolute atomic E-state index is 13.0. The Kier molecular flexibility index (Phi) is 4.36. The summed E-state index contributed by atoms with van der Waals surface area (Å²) >= 11 is 0. The Morgan fingerprint density at radius 1 is 1.27 bits per heavy atom. The summed E-state index contributed by atoms with van der Waals surface area (Å²) in [4.78, 5) is 0. The minimum Gasteiger partial charge on any atom is -0.324 e. The molecule has 0 saturated heterocycles. The van der Waals surface area contributed by atoms with E-state index in [0.29, 0.717) is 6.07 Å². The van der Waals surface area contributed by atoms with Gasteiger partial charge in [-0.3, -0.25) is 5.84 Å². The van der Waals surface area contributed by atoms with E-state index in [1.165, 1.54) is 13.0 Å². The van der Waals surface area contributed by atoms with Crippen LogP contribution in [0, 0.1) is 12.7 Å². The van der Waals surface area contributed by atoms with Crippen molar-refractivity contribution in [3.05, 3.63) is 29.1 Å². The maximum Gasteiger partial charge on any atom is 0.419 e. The van der Waals surface area contributed by atoms with Gasteiger partial charge in [0.25, 0.3) is 0 Å². The van der Waals surface area contributed by atoms with Crippen molar-refractivity contribution in [1.82, 2.24) is 0 Å². The molecule has 0 fully saturated rings. The lowest BCUT2D eigenvalue weighted by atomic mass is 10.1. The molecule has 0 heterocycles. The zero-order valence-electron chi connectivity index (χ0n) is 7.65. The molecule has 0 aliphatic heterocycles. The van der Waals surface area contributed by atoms with Crippen LogP contribution in [0.1, 0.15) is 11.1 Å². The minimum atomic E-state index is -4.71. The Morgan fingerprint density at radius 3 is 2.20 bits per heavy atom. The molecule has 0 bridgehead atoms. The summed E-state index contributed by atoms with van der Waals surface area (Å²) in [6.45, 7) is 1.24. The van der Waals surface area contributed by atoms with Crippen molar-refractivity contribution in [3.8, 4) is 0 Å². The molecule has 1 aromatic carbocycles. The average molecular weight is 245 g/mol. The van der Waals surface area contributed by atoms with Crippen LogP contribution in [0.15, 0.2) is 12.1 Å². The topological polar surface area (TPSA) is 38.0 Å². The number of nitrogen functional groups attached to an aromatic ring is 1. The molecule has 1 rings (SSSR count). The Morgan fingerprint density at radius 2 is 1.80 bits per heavy atom. The lowest BCUT2D eigenvalue weighted by molar-refractivity contribution is -0.140. The first-order valence-electron chi connectivity index (χ1n) is 3.70. The second kappa shape index (κ2) is 4.67. The number of hydrazine groups is 1. The molecule has 0 saturated carbocycles. The number of nitrogens with one attached hydrogen (secondary N) is 1. The highest BCUT2D eigenvalue weighted by atomic mass is 35.5. The van der Waals surface area contributed by atoms with Crippen molar-refractivity contribution in [2.75, 3.05) is 5.43 Å². The van der Waals surface area contributed by atoms with E-state index < -0.39 is 17.6 Å². The first-order valence-corrected chi connectivity index (χ1v) is 3.70. The molecule has 0 spiro atoms. The Hall–Kier alpha value is -1.01. The van der Waals surface area contributed by atoms with Crippen molar-refractivity contribution < 1.29 is 17.6 Å². The number of aryl methyl sites for hydroxylation is 1. The van der Waals surface area contributed by atoms with Crippen molar-refractivity contribution in [1.29, 1.82) is 0 Å². The number of rotatable bonds is 1. The molecule has 0 amide bonds. The molecule has 2 nitrogen and oxygen atoms in total. The zero-order valence-corrected chi connectivity index (χ0v) is 8.47. The summed E-state index contributed by atoms with van der Waals surface area (Å²) in [5, 5.41) is 0. The predicted molar refractivity (Wildman–Crippen MR) is 51.2 cm³/mol. The van der Waals surface area contributed by atoms with Crippen LogP contribution in [0.2, 0.25) is 0 Å². The quantitative estimate of drug-likeness (QED) is 0.453. The van der Waals surface area contributed by atoms with Gasteiger partial charge in [-0.2, -0.15) is 13.2 Å². The van der Waals surface area contributed by atoms with E-state index >= 15 is 0 Å². The number of alkyl halides is 3. The first kappa shape index (κ1) is 14.0. The lowest BCUT2D eigenvalue weighted by Gasteiger charge is -2.11. The summed E-state index contributed by atoms with van der Waals surface area (Å²) in [7, 11) is 0. The van der Waals surface area contributed by atoms with Crippen molar-refractivity contribution in [2.24, 2.45) is 5.84 Å². The van der Waals surface area contributed by atoms with E-state index in [4.69, 9.17) is 5.84 Å². The normalized spacial score (nSPS) is 10.8. The van der Waals surface area contributed by atoms with Gasteiger partial charge in [0.05, 0.1) is 5.56 Å². The molecule has 0 radical (unpaired) electrons. The number of anilines is 1. The van der Waals surface area contributed by atoms with Crippen LogP contribution in [0.3, 0.4) is 0 Å². The summed E-state index contributed by atoms with van der Waals surface area (Å²) in [6, 6.07) is 1.83. The Balaban J connectivity index is 0.00000196. The SMILES string of the molecule is Cc1cc(NN)cc(C(F)(F)F)c1F.Cl. The fourth-order valence-corrected chi connectivity index (χ4v) is 1.06. The zero-order chi connectivity index (χ0) is 10.9. The third-order valence-corrected chi connectivity index (χ3v) is 1.73. The Bertz CT molecular complexity index is 351. The highest BCUT2D eigenvalue weighted by molar-refractivity contribution is 5.85. The fourth-order valence-electron chi connectivity index (χ4n) is 1.06. The van der Waals surface area contributed by atoms with Gasteiger partial charge in [-0.15, -0.1) is 12.4 Å². The highest BCUT2D eigenvalue weighted by Crippen LogP contribution is 2.34. The molecule has 0 aliphatic rings. The van der Waals surface area contributed by atoms with Crippen LogP contribution in [0.25, 0.3) is 0 Å². The van der Waals surface area contributed by atoms with Crippen LogP contribution in [0.5, 0.6) is 0 Å². The molecule has 15 heavy (non-hydrogen) atoms. The van der Waals surface area contributed by atoms with E-state index in [1.807, 2.05) is 5.43 Å². The number of benzene rings is 1. The summed E-state index contributed by atoms with van der Waals surface area (Å²) in [5.74, 6) is 3.67. The number of halogens is 5. The van der Waals surface area contributed by atoms with Gasteiger partial charge < -0.3 is 5.43 Å². The van der Waals surface area contributed by atoms with Gasteiger partial charge in [-0.1, -0.05) is 0 Å². The standard InChI is InChI=1S/C8H8F4N2.ClH/c1-4-2-5(14-13)3-6(7(4)9)8(10,11)12;/h2-3,14H,13H2,1H3;1H. The van der Waals surface area contributed by atoms with Crippen molar-refractivity contribution in [3.63, 3.8) is 0 Å². The van der Waals surface area contributed by atoms with Gasteiger partial charge in [0, 0.05) is 5.69 Å². The third-order valence-electron chi connectivity index (χ3n) is 1.73. The summed E-state index contributed by atoms with van der Waals surface area (Å²) in [5.41, 5.74) is 0.647. The molecular formula is C8H9ClF4N2. The summed E-state index contributed by atoms with van der Waals surface area (Å²) < 4.78 is 49.7. The Labute approximate surface area is 89.8 Å². The van der Waals surface area contributed by atoms with Gasteiger partial charge in [0.15, 0.2) is 0 Å². The van der Waals surface area contributed by atoms with Crippen molar-refractivity contribution in [2.45, 2.75) is 13.1 Å². The van der Waals surface area contributed by atoms with Gasteiger partial charge in [0.1, 0.15) is 5.82 Å². The van der Waals surface area contributed by atoms with Gasteiger partial charge >= 0.3 is 6.18 Å². The molecule has 0 unspecified atom stereocenters. The van der Waals surface area contributed by atoms with Crippen LogP contribution >= 0.6 is 12.4 Å². The fraction of sp³-hybridized carbons (Fsp3) is 0.250. The number of nitrogens with two attached hydrogens (primary N) is 1.